The van der Waals surface area contributed by atoms with Crippen LogP contribution in [-0.4, -0.2) is 26.1 Å². The SMILES string of the molecule is COCCOc1ccc(C(=O)c2cc(Cl)sc2Cl)cc1Br. The van der Waals surface area contributed by atoms with Crippen LogP contribution in [-0.2, 0) is 4.74 Å². The van der Waals surface area contributed by atoms with Gasteiger partial charge in [-0.15, -0.1) is 11.3 Å². The van der Waals surface area contributed by atoms with Crippen molar-refractivity contribution in [3.05, 3.63) is 48.5 Å². The highest BCUT2D eigenvalue weighted by Crippen LogP contribution is 2.34. The lowest BCUT2D eigenvalue weighted by molar-refractivity contribution is 0.103. The van der Waals surface area contributed by atoms with E-state index in [1.165, 1.54) is 11.3 Å². The minimum Gasteiger partial charge on any atom is -0.490 e. The number of halogens is 3. The van der Waals surface area contributed by atoms with Gasteiger partial charge in [0.1, 0.15) is 16.7 Å². The minimum atomic E-state index is -0.174. The molecule has 0 unspecified atom stereocenters. The summed E-state index contributed by atoms with van der Waals surface area (Å²) in [5, 5.41) is 0. The maximum atomic E-state index is 12.4. The number of methoxy groups -OCH3 is 1. The van der Waals surface area contributed by atoms with Gasteiger partial charge in [-0.2, -0.15) is 0 Å². The Kier molecular flexibility index (Phi) is 6.08. The summed E-state index contributed by atoms with van der Waals surface area (Å²) in [4.78, 5) is 12.4. The third-order valence-electron chi connectivity index (χ3n) is 2.64. The minimum absolute atomic E-state index is 0.174. The first-order valence-electron chi connectivity index (χ1n) is 5.93. The lowest BCUT2D eigenvalue weighted by Crippen LogP contribution is -2.05. The van der Waals surface area contributed by atoms with Crippen LogP contribution in [0.5, 0.6) is 5.75 Å². The van der Waals surface area contributed by atoms with E-state index < -0.39 is 0 Å². The van der Waals surface area contributed by atoms with Crippen LogP contribution in [0.15, 0.2) is 28.7 Å². The van der Waals surface area contributed by atoms with Crippen LogP contribution in [0, 0.1) is 0 Å². The summed E-state index contributed by atoms with van der Waals surface area (Å²) in [6, 6.07) is 6.70. The fourth-order valence-electron chi connectivity index (χ4n) is 1.64. The Morgan fingerprint density at radius 3 is 2.62 bits per heavy atom. The van der Waals surface area contributed by atoms with Crippen LogP contribution in [0.3, 0.4) is 0 Å². The van der Waals surface area contributed by atoms with Gasteiger partial charge < -0.3 is 9.47 Å². The van der Waals surface area contributed by atoms with Gasteiger partial charge in [0, 0.05) is 12.7 Å². The first-order chi connectivity index (χ1) is 10.0. The molecule has 7 heteroatoms. The van der Waals surface area contributed by atoms with E-state index >= 15 is 0 Å². The van der Waals surface area contributed by atoms with E-state index in [1.807, 2.05) is 0 Å². The molecule has 0 aliphatic rings. The Balaban J connectivity index is 2.19. The lowest BCUT2D eigenvalue weighted by atomic mass is 10.1. The molecule has 0 aliphatic carbocycles. The van der Waals surface area contributed by atoms with E-state index in [-0.39, 0.29) is 5.78 Å². The van der Waals surface area contributed by atoms with Crippen molar-refractivity contribution in [3.63, 3.8) is 0 Å². The van der Waals surface area contributed by atoms with Gasteiger partial charge >= 0.3 is 0 Å². The maximum absolute atomic E-state index is 12.4. The molecule has 0 fully saturated rings. The summed E-state index contributed by atoms with van der Waals surface area (Å²) in [5.74, 6) is 0.477. The van der Waals surface area contributed by atoms with Crippen LogP contribution in [0.2, 0.25) is 8.67 Å². The molecule has 1 heterocycles. The molecule has 2 rings (SSSR count). The molecule has 2 aromatic rings. The van der Waals surface area contributed by atoms with Gasteiger partial charge in [0.15, 0.2) is 5.78 Å². The summed E-state index contributed by atoms with van der Waals surface area (Å²) in [6.45, 7) is 0.935. The first-order valence-corrected chi connectivity index (χ1v) is 8.30. The van der Waals surface area contributed by atoms with E-state index in [1.54, 1.807) is 31.4 Å². The molecular weight excluding hydrogens is 399 g/mol. The molecule has 0 atom stereocenters. The Labute approximate surface area is 144 Å². The molecular formula is C14H11BrCl2O3S. The van der Waals surface area contributed by atoms with Gasteiger partial charge in [-0.1, -0.05) is 23.2 Å². The van der Waals surface area contributed by atoms with E-state index in [4.69, 9.17) is 32.7 Å². The van der Waals surface area contributed by atoms with E-state index in [0.29, 0.717) is 43.2 Å². The predicted molar refractivity (Wildman–Crippen MR) is 89.3 cm³/mol. The molecule has 112 valence electrons. The normalized spacial score (nSPS) is 10.7. The summed E-state index contributed by atoms with van der Waals surface area (Å²) in [6.07, 6.45) is 0. The molecule has 0 amide bonds. The second-order valence-corrected chi connectivity index (χ2v) is 7.19. The zero-order chi connectivity index (χ0) is 15.4. The number of hydrogen-bond donors (Lipinski definition) is 0. The molecule has 0 aliphatic heterocycles. The highest BCUT2D eigenvalue weighted by atomic mass is 79.9. The molecule has 0 bridgehead atoms. The van der Waals surface area contributed by atoms with Crippen LogP contribution in [0.4, 0.5) is 0 Å². The van der Waals surface area contributed by atoms with Crippen molar-refractivity contribution < 1.29 is 14.3 Å². The molecule has 0 N–H and O–H groups in total. The average Bonchev–Trinajstić information content (AvgIpc) is 2.79. The van der Waals surface area contributed by atoms with Gasteiger partial charge in [-0.25, -0.2) is 0 Å². The number of carbonyl (C=O) groups is 1. The van der Waals surface area contributed by atoms with Crippen molar-refractivity contribution in [1.29, 1.82) is 0 Å². The quantitative estimate of drug-likeness (QED) is 0.493. The molecule has 0 radical (unpaired) electrons. The molecule has 1 aromatic carbocycles. The van der Waals surface area contributed by atoms with Gasteiger partial charge in [0.2, 0.25) is 0 Å². The second kappa shape index (κ2) is 7.61. The van der Waals surface area contributed by atoms with E-state index in [0.717, 1.165) is 0 Å². The molecule has 0 spiro atoms. The summed E-state index contributed by atoms with van der Waals surface area (Å²) in [7, 11) is 1.61. The van der Waals surface area contributed by atoms with Gasteiger partial charge in [-0.3, -0.25) is 4.79 Å². The monoisotopic (exact) mass is 408 g/mol. The number of ketones is 1. The predicted octanol–water partition coefficient (Wildman–Crippen LogP) is 5.07. The largest absolute Gasteiger partial charge is 0.490 e. The standard InChI is InChI=1S/C14H11BrCl2O3S/c1-19-4-5-20-11-3-2-8(6-10(11)15)13(18)9-7-12(16)21-14(9)17/h2-3,6-7H,4-5H2,1H3. The highest BCUT2D eigenvalue weighted by Gasteiger charge is 2.17. The van der Waals surface area contributed by atoms with Crippen molar-refractivity contribution in [1.82, 2.24) is 0 Å². The Morgan fingerprint density at radius 2 is 2.05 bits per heavy atom. The Hall–Kier alpha value is -0.590. The topological polar surface area (TPSA) is 35.5 Å². The molecule has 0 saturated heterocycles. The van der Waals surface area contributed by atoms with Crippen molar-refractivity contribution in [2.75, 3.05) is 20.3 Å². The zero-order valence-corrected chi connectivity index (χ0v) is 14.9. The van der Waals surface area contributed by atoms with Crippen LogP contribution < -0.4 is 4.74 Å². The maximum Gasteiger partial charge on any atom is 0.195 e. The van der Waals surface area contributed by atoms with Crippen molar-refractivity contribution >= 4 is 56.3 Å². The zero-order valence-electron chi connectivity index (χ0n) is 11.0. The Morgan fingerprint density at radius 1 is 1.29 bits per heavy atom. The average molecular weight is 410 g/mol. The van der Waals surface area contributed by atoms with Crippen LogP contribution in [0.25, 0.3) is 0 Å². The number of ether oxygens (including phenoxy) is 2. The second-order valence-electron chi connectivity index (χ2n) is 4.05. The number of rotatable bonds is 6. The van der Waals surface area contributed by atoms with Crippen LogP contribution >= 0.6 is 50.5 Å². The third-order valence-corrected chi connectivity index (χ3v) is 4.75. The van der Waals surface area contributed by atoms with Crippen molar-refractivity contribution in [3.8, 4) is 5.75 Å². The summed E-state index contributed by atoms with van der Waals surface area (Å²) < 4.78 is 12.0. The van der Waals surface area contributed by atoms with Gasteiger partial charge in [0.25, 0.3) is 0 Å². The molecule has 0 saturated carbocycles. The number of benzene rings is 1. The lowest BCUT2D eigenvalue weighted by Gasteiger charge is -2.09. The molecule has 21 heavy (non-hydrogen) atoms. The third kappa shape index (κ3) is 4.20. The highest BCUT2D eigenvalue weighted by molar-refractivity contribution is 9.10. The van der Waals surface area contributed by atoms with Crippen LogP contribution in [0.1, 0.15) is 15.9 Å². The summed E-state index contributed by atoms with van der Waals surface area (Å²) >= 11 is 16.4. The van der Waals surface area contributed by atoms with Crippen molar-refractivity contribution in [2.45, 2.75) is 0 Å². The van der Waals surface area contributed by atoms with Gasteiger partial charge in [0.05, 0.1) is 21.0 Å². The summed E-state index contributed by atoms with van der Waals surface area (Å²) in [5.41, 5.74) is 0.920. The fraction of sp³-hybridized carbons (Fsp3) is 0.214. The number of hydrogen-bond acceptors (Lipinski definition) is 4. The smallest absolute Gasteiger partial charge is 0.195 e. The fourth-order valence-corrected chi connectivity index (χ4v) is 3.60. The van der Waals surface area contributed by atoms with E-state index in [9.17, 15) is 4.79 Å². The number of thiophene rings is 1. The molecule has 3 nitrogen and oxygen atoms in total. The molecule has 1 aromatic heterocycles. The van der Waals surface area contributed by atoms with Crippen molar-refractivity contribution in [2.24, 2.45) is 0 Å². The number of carbonyl (C=O) groups excluding carboxylic acids is 1. The van der Waals surface area contributed by atoms with E-state index in [2.05, 4.69) is 15.9 Å². The van der Waals surface area contributed by atoms with Gasteiger partial charge in [-0.05, 0) is 40.2 Å². The first kappa shape index (κ1) is 16.8. The Bertz CT molecular complexity index is 658.